The van der Waals surface area contributed by atoms with E-state index in [1.165, 1.54) is 0 Å². The summed E-state index contributed by atoms with van der Waals surface area (Å²) >= 11 is 0. The molecule has 5 heteroatoms. The molecule has 2 N–H and O–H groups in total. The normalized spacial score (nSPS) is 18.9. The van der Waals surface area contributed by atoms with Crippen LogP contribution in [0.2, 0.25) is 0 Å². The zero-order chi connectivity index (χ0) is 16.9. The molecule has 5 nitrogen and oxygen atoms in total. The average Bonchev–Trinajstić information content (AvgIpc) is 2.62. The molecular weight excluding hydrogens is 302 g/mol. The van der Waals surface area contributed by atoms with Crippen LogP contribution in [0.5, 0.6) is 11.5 Å². The molecule has 0 aliphatic carbocycles. The summed E-state index contributed by atoms with van der Waals surface area (Å²) < 4.78 is 5.79. The number of likely N-dealkylation sites (tertiary alicyclic amines) is 1. The van der Waals surface area contributed by atoms with Crippen molar-refractivity contribution >= 4 is 5.91 Å². The maximum absolute atomic E-state index is 12.8. The largest absolute Gasteiger partial charge is 0.457 e. The number of hydrogen-bond donors (Lipinski definition) is 1. The van der Waals surface area contributed by atoms with Gasteiger partial charge in [0, 0.05) is 37.1 Å². The Morgan fingerprint density at radius 1 is 1.29 bits per heavy atom. The van der Waals surface area contributed by atoms with Crippen LogP contribution in [-0.2, 0) is 0 Å². The Morgan fingerprint density at radius 3 is 2.83 bits per heavy atom. The van der Waals surface area contributed by atoms with Crippen LogP contribution in [0.3, 0.4) is 0 Å². The molecule has 0 saturated carbocycles. The van der Waals surface area contributed by atoms with Crippen LogP contribution in [0.4, 0.5) is 0 Å². The Balaban J connectivity index is 1.72. The maximum Gasteiger partial charge on any atom is 0.253 e. The lowest BCUT2D eigenvalue weighted by molar-refractivity contribution is 0.0660. The van der Waals surface area contributed by atoms with E-state index in [1.807, 2.05) is 30.0 Å². The number of benzene rings is 1. The highest BCUT2D eigenvalue weighted by atomic mass is 16.5. The lowest BCUT2D eigenvalue weighted by Crippen LogP contribution is -2.45. The first-order valence-corrected chi connectivity index (χ1v) is 8.36. The first-order valence-electron chi connectivity index (χ1n) is 8.36. The van der Waals surface area contributed by atoms with Gasteiger partial charge < -0.3 is 15.4 Å². The minimum absolute atomic E-state index is 0.0422. The molecule has 1 aliphatic heterocycles. The molecule has 2 heterocycles. The van der Waals surface area contributed by atoms with E-state index >= 15 is 0 Å². The number of ether oxygens (including phenoxy) is 1. The van der Waals surface area contributed by atoms with E-state index in [1.54, 1.807) is 30.6 Å². The fraction of sp³-hybridized carbons (Fsp3) is 0.368. The highest BCUT2D eigenvalue weighted by molar-refractivity contribution is 5.94. The van der Waals surface area contributed by atoms with Gasteiger partial charge in [-0.2, -0.15) is 0 Å². The van der Waals surface area contributed by atoms with E-state index in [2.05, 4.69) is 4.98 Å². The molecule has 1 aromatic heterocycles. The van der Waals surface area contributed by atoms with Crippen LogP contribution in [0.25, 0.3) is 0 Å². The van der Waals surface area contributed by atoms with Crippen molar-refractivity contribution in [1.29, 1.82) is 0 Å². The Kier molecular flexibility index (Phi) is 5.11. The molecule has 1 aliphatic rings. The highest BCUT2D eigenvalue weighted by Gasteiger charge is 2.26. The van der Waals surface area contributed by atoms with Crippen molar-refractivity contribution in [3.8, 4) is 11.5 Å². The number of carbonyl (C=O) groups is 1. The van der Waals surface area contributed by atoms with Gasteiger partial charge in [-0.15, -0.1) is 0 Å². The molecule has 1 fully saturated rings. The third-order valence-electron chi connectivity index (χ3n) is 4.46. The van der Waals surface area contributed by atoms with Crippen molar-refractivity contribution in [2.24, 2.45) is 11.7 Å². The third kappa shape index (κ3) is 3.92. The molecule has 2 aromatic rings. The van der Waals surface area contributed by atoms with E-state index in [9.17, 15) is 4.79 Å². The Morgan fingerprint density at radius 2 is 2.08 bits per heavy atom. The Bertz CT molecular complexity index is 688. The van der Waals surface area contributed by atoms with E-state index in [-0.39, 0.29) is 11.9 Å². The molecule has 2 atom stereocenters. The minimum atomic E-state index is 0.0422. The van der Waals surface area contributed by atoms with Crippen molar-refractivity contribution in [2.45, 2.75) is 25.8 Å². The molecule has 1 saturated heterocycles. The molecule has 0 unspecified atom stereocenters. The zero-order valence-corrected chi connectivity index (χ0v) is 13.9. The summed E-state index contributed by atoms with van der Waals surface area (Å²) in [6, 6.07) is 11.0. The number of rotatable bonds is 4. The second-order valence-electron chi connectivity index (χ2n) is 6.33. The van der Waals surface area contributed by atoms with Crippen LogP contribution in [0.1, 0.15) is 30.1 Å². The fourth-order valence-corrected chi connectivity index (χ4v) is 3.04. The molecule has 126 valence electrons. The summed E-state index contributed by atoms with van der Waals surface area (Å²) in [5.74, 6) is 1.76. The quantitative estimate of drug-likeness (QED) is 0.938. The molecule has 0 spiro atoms. The molecule has 0 radical (unpaired) electrons. The van der Waals surface area contributed by atoms with Crippen LogP contribution >= 0.6 is 0 Å². The number of nitrogens with two attached hydrogens (primary N) is 1. The van der Waals surface area contributed by atoms with Gasteiger partial charge in [0.15, 0.2) is 0 Å². The number of hydrogen-bond acceptors (Lipinski definition) is 4. The maximum atomic E-state index is 12.8. The van der Waals surface area contributed by atoms with Crippen LogP contribution in [-0.4, -0.2) is 34.9 Å². The second-order valence-corrected chi connectivity index (χ2v) is 6.33. The highest BCUT2D eigenvalue weighted by Crippen LogP contribution is 2.24. The van der Waals surface area contributed by atoms with E-state index < -0.39 is 0 Å². The lowest BCUT2D eigenvalue weighted by atomic mass is 9.92. The molecule has 1 amide bonds. The topological polar surface area (TPSA) is 68.5 Å². The minimum Gasteiger partial charge on any atom is -0.457 e. The summed E-state index contributed by atoms with van der Waals surface area (Å²) in [7, 11) is 0. The van der Waals surface area contributed by atoms with Crippen LogP contribution in [0.15, 0.2) is 48.8 Å². The number of aromatic nitrogens is 1. The van der Waals surface area contributed by atoms with Gasteiger partial charge in [0.05, 0.1) is 0 Å². The summed E-state index contributed by atoms with van der Waals surface area (Å²) in [4.78, 5) is 18.7. The molecular formula is C19H23N3O2. The van der Waals surface area contributed by atoms with Gasteiger partial charge in [0.25, 0.3) is 5.91 Å². The Labute approximate surface area is 142 Å². The standard InChI is InChI=1S/C19H23N3O2/c1-14(20)16-5-3-11-22(13-16)19(23)15-4-2-6-18(12-15)24-17-7-9-21-10-8-17/h2,4,6-10,12,14,16H,3,5,11,13,20H2,1H3/t14-,16+/m0/s1. The van der Waals surface area contributed by atoms with Gasteiger partial charge in [-0.1, -0.05) is 6.07 Å². The third-order valence-corrected chi connectivity index (χ3v) is 4.46. The number of carbonyl (C=O) groups excluding carboxylic acids is 1. The Hall–Kier alpha value is -2.40. The van der Waals surface area contributed by atoms with Gasteiger partial charge in [-0.3, -0.25) is 9.78 Å². The zero-order valence-electron chi connectivity index (χ0n) is 13.9. The summed E-state index contributed by atoms with van der Waals surface area (Å²) in [5.41, 5.74) is 6.66. The number of piperidine rings is 1. The van der Waals surface area contributed by atoms with Gasteiger partial charge in [-0.25, -0.2) is 0 Å². The van der Waals surface area contributed by atoms with E-state index in [0.717, 1.165) is 25.9 Å². The second kappa shape index (κ2) is 7.45. The van der Waals surface area contributed by atoms with Gasteiger partial charge in [0.2, 0.25) is 0 Å². The lowest BCUT2D eigenvalue weighted by Gasteiger charge is -2.34. The van der Waals surface area contributed by atoms with Gasteiger partial charge >= 0.3 is 0 Å². The SMILES string of the molecule is C[C@H](N)[C@@H]1CCCN(C(=O)c2cccc(Oc3ccncc3)c2)C1. The van der Waals surface area contributed by atoms with Crippen molar-refractivity contribution < 1.29 is 9.53 Å². The predicted molar refractivity (Wildman–Crippen MR) is 93.0 cm³/mol. The van der Waals surface area contributed by atoms with E-state index in [0.29, 0.717) is 23.0 Å². The van der Waals surface area contributed by atoms with Crippen molar-refractivity contribution in [3.63, 3.8) is 0 Å². The molecule has 24 heavy (non-hydrogen) atoms. The van der Waals surface area contributed by atoms with Crippen molar-refractivity contribution in [2.75, 3.05) is 13.1 Å². The fourth-order valence-electron chi connectivity index (χ4n) is 3.04. The number of pyridine rings is 1. The summed E-state index contributed by atoms with van der Waals surface area (Å²) in [6.07, 6.45) is 5.44. The molecule has 0 bridgehead atoms. The van der Waals surface area contributed by atoms with Gasteiger partial charge in [-0.05, 0) is 56.0 Å². The summed E-state index contributed by atoms with van der Waals surface area (Å²) in [6.45, 7) is 3.53. The van der Waals surface area contributed by atoms with Crippen molar-refractivity contribution in [1.82, 2.24) is 9.88 Å². The smallest absolute Gasteiger partial charge is 0.253 e. The first kappa shape index (κ1) is 16.5. The molecule has 3 rings (SSSR count). The number of amides is 1. The summed E-state index contributed by atoms with van der Waals surface area (Å²) in [5, 5.41) is 0. The van der Waals surface area contributed by atoms with Crippen LogP contribution < -0.4 is 10.5 Å². The number of nitrogens with zero attached hydrogens (tertiary/aromatic N) is 2. The van der Waals surface area contributed by atoms with E-state index in [4.69, 9.17) is 10.5 Å². The van der Waals surface area contributed by atoms with Gasteiger partial charge in [0.1, 0.15) is 11.5 Å². The van der Waals surface area contributed by atoms with Crippen molar-refractivity contribution in [3.05, 3.63) is 54.4 Å². The average molecular weight is 325 g/mol. The monoisotopic (exact) mass is 325 g/mol. The predicted octanol–water partition coefficient (Wildman–Crippen LogP) is 3.07. The molecule has 1 aromatic carbocycles. The van der Waals surface area contributed by atoms with Crippen LogP contribution in [0, 0.1) is 5.92 Å². The first-order chi connectivity index (χ1) is 11.6.